The van der Waals surface area contributed by atoms with Crippen molar-refractivity contribution in [2.75, 3.05) is 24.5 Å². The zero-order valence-corrected chi connectivity index (χ0v) is 13.8. The molecule has 3 N–H and O–H groups in total. The van der Waals surface area contributed by atoms with Gasteiger partial charge in [-0.2, -0.15) is 0 Å². The van der Waals surface area contributed by atoms with E-state index in [0.717, 1.165) is 43.5 Å². The molecule has 8 heteroatoms. The smallest absolute Gasteiger partial charge is 0.249 e. The number of hydrogen-bond acceptors (Lipinski definition) is 6. The molecule has 21 heavy (non-hydrogen) atoms. The Balaban J connectivity index is 1.67. The van der Waals surface area contributed by atoms with Gasteiger partial charge in [0.1, 0.15) is 0 Å². The number of nitrogens with zero attached hydrogens (tertiary/aromatic N) is 2. The van der Waals surface area contributed by atoms with Crippen LogP contribution >= 0.6 is 11.3 Å². The van der Waals surface area contributed by atoms with Gasteiger partial charge in [0, 0.05) is 19.1 Å². The maximum atomic E-state index is 11.5. The van der Waals surface area contributed by atoms with E-state index in [0.29, 0.717) is 11.7 Å². The van der Waals surface area contributed by atoms with Gasteiger partial charge in [-0.05, 0) is 45.1 Å². The van der Waals surface area contributed by atoms with Gasteiger partial charge in [-0.15, -0.1) is 0 Å². The van der Waals surface area contributed by atoms with Gasteiger partial charge in [0.05, 0.1) is 5.69 Å². The van der Waals surface area contributed by atoms with Gasteiger partial charge in [-0.1, -0.05) is 11.3 Å². The lowest BCUT2D eigenvalue weighted by Gasteiger charge is -2.34. The first-order chi connectivity index (χ1) is 9.95. The number of thiazole rings is 1. The van der Waals surface area contributed by atoms with Crippen molar-refractivity contribution in [1.29, 1.82) is 0 Å². The van der Waals surface area contributed by atoms with E-state index in [1.54, 1.807) is 6.92 Å². The summed E-state index contributed by atoms with van der Waals surface area (Å²) in [5, 5.41) is 9.59. The van der Waals surface area contributed by atoms with Crippen molar-refractivity contribution >= 4 is 26.5 Å². The van der Waals surface area contributed by atoms with Crippen molar-refractivity contribution in [2.45, 2.75) is 42.9 Å². The quantitative estimate of drug-likeness (QED) is 0.865. The first kappa shape index (κ1) is 15.2. The van der Waals surface area contributed by atoms with Crippen LogP contribution < -0.4 is 15.4 Å². The third-order valence-electron chi connectivity index (χ3n) is 4.48. The molecule has 2 aliphatic rings. The predicted octanol–water partition coefficient (Wildman–Crippen LogP) is 1.07. The summed E-state index contributed by atoms with van der Waals surface area (Å²) in [6, 6.07) is 0.671. The molecule has 0 spiro atoms. The molecule has 0 amide bonds. The number of aromatic nitrogens is 1. The molecule has 1 aromatic rings. The molecule has 1 atom stereocenters. The second kappa shape index (κ2) is 5.83. The highest BCUT2D eigenvalue weighted by Gasteiger charge is 2.30. The number of anilines is 1. The number of sulfonamides is 1. The Hall–Kier alpha value is -0.700. The molecule has 0 bridgehead atoms. The molecule has 0 aromatic carbocycles. The summed E-state index contributed by atoms with van der Waals surface area (Å²) in [6.07, 6.45) is 4.85. The Morgan fingerprint density at radius 3 is 2.57 bits per heavy atom. The molecule has 0 aliphatic carbocycles. The van der Waals surface area contributed by atoms with Crippen LogP contribution in [0.25, 0.3) is 0 Å². The minimum absolute atomic E-state index is 0.192. The SMILES string of the molecule is Cc1nc(N2CCC(C3CCCN3)CC2)sc1S(N)(=O)=O. The molecular formula is C13H22N4O2S2. The fourth-order valence-electron chi connectivity index (χ4n) is 3.37. The molecule has 2 fully saturated rings. The van der Waals surface area contributed by atoms with Crippen molar-refractivity contribution in [2.24, 2.45) is 11.1 Å². The number of nitrogens with two attached hydrogens (primary N) is 1. The zero-order chi connectivity index (χ0) is 15.0. The maximum absolute atomic E-state index is 11.5. The van der Waals surface area contributed by atoms with Gasteiger partial charge in [-0.25, -0.2) is 18.5 Å². The Labute approximate surface area is 129 Å². The lowest BCUT2D eigenvalue weighted by atomic mass is 9.89. The molecule has 1 unspecified atom stereocenters. The predicted molar refractivity (Wildman–Crippen MR) is 84.2 cm³/mol. The van der Waals surface area contributed by atoms with E-state index in [-0.39, 0.29) is 4.21 Å². The van der Waals surface area contributed by atoms with Gasteiger partial charge in [-0.3, -0.25) is 0 Å². The minimum Gasteiger partial charge on any atom is -0.348 e. The third-order valence-corrected chi connectivity index (χ3v) is 7.25. The first-order valence-corrected chi connectivity index (χ1v) is 9.80. The number of hydrogen-bond donors (Lipinski definition) is 2. The molecule has 2 aliphatic heterocycles. The Kier molecular flexibility index (Phi) is 4.22. The van der Waals surface area contributed by atoms with E-state index in [2.05, 4.69) is 15.2 Å². The Bertz CT molecular complexity index is 600. The third kappa shape index (κ3) is 3.23. The molecule has 118 valence electrons. The van der Waals surface area contributed by atoms with Crippen LogP contribution in [0.15, 0.2) is 4.21 Å². The van der Waals surface area contributed by atoms with E-state index < -0.39 is 10.0 Å². The average Bonchev–Trinajstić information content (AvgIpc) is 3.07. The summed E-state index contributed by atoms with van der Waals surface area (Å²) >= 11 is 1.19. The van der Waals surface area contributed by atoms with Crippen LogP contribution in [0.1, 0.15) is 31.4 Å². The molecule has 3 rings (SSSR count). The van der Waals surface area contributed by atoms with Crippen molar-refractivity contribution in [3.8, 4) is 0 Å². The number of rotatable bonds is 3. The second-order valence-corrected chi connectivity index (χ2v) is 8.68. The fraction of sp³-hybridized carbons (Fsp3) is 0.769. The lowest BCUT2D eigenvalue weighted by Crippen LogP contribution is -2.40. The van der Waals surface area contributed by atoms with Crippen LogP contribution in [0.5, 0.6) is 0 Å². The standard InChI is InChI=1S/C13H22N4O2S2/c1-9-12(21(14,18)19)20-13(16-9)17-7-4-10(5-8-17)11-3-2-6-15-11/h10-11,15H,2-8H2,1H3,(H2,14,18,19). The molecule has 0 saturated carbocycles. The fourth-order valence-corrected chi connectivity index (χ4v) is 5.37. The molecule has 2 saturated heterocycles. The van der Waals surface area contributed by atoms with Crippen LogP contribution in [-0.4, -0.2) is 39.1 Å². The summed E-state index contributed by atoms with van der Waals surface area (Å²) in [6.45, 7) is 4.74. The van der Waals surface area contributed by atoms with Gasteiger partial charge in [0.25, 0.3) is 0 Å². The lowest BCUT2D eigenvalue weighted by molar-refractivity contribution is 0.319. The van der Waals surface area contributed by atoms with Crippen molar-refractivity contribution in [3.63, 3.8) is 0 Å². The van der Waals surface area contributed by atoms with E-state index >= 15 is 0 Å². The Morgan fingerprint density at radius 1 is 1.33 bits per heavy atom. The van der Waals surface area contributed by atoms with Crippen molar-refractivity contribution in [1.82, 2.24) is 10.3 Å². The summed E-state index contributed by atoms with van der Waals surface area (Å²) in [7, 11) is -3.66. The Morgan fingerprint density at radius 2 is 2.05 bits per heavy atom. The highest BCUT2D eigenvalue weighted by molar-refractivity contribution is 7.91. The van der Waals surface area contributed by atoms with Crippen LogP contribution in [0, 0.1) is 12.8 Å². The van der Waals surface area contributed by atoms with Gasteiger partial charge in [0.15, 0.2) is 9.34 Å². The zero-order valence-electron chi connectivity index (χ0n) is 12.2. The molecule has 1 aromatic heterocycles. The van der Waals surface area contributed by atoms with Crippen LogP contribution in [0.2, 0.25) is 0 Å². The summed E-state index contributed by atoms with van der Waals surface area (Å²) in [5.74, 6) is 0.738. The average molecular weight is 330 g/mol. The van der Waals surface area contributed by atoms with Crippen LogP contribution in [-0.2, 0) is 10.0 Å². The monoisotopic (exact) mass is 330 g/mol. The molecular weight excluding hydrogens is 308 g/mol. The van der Waals surface area contributed by atoms with Gasteiger partial charge in [0.2, 0.25) is 10.0 Å². The second-order valence-electron chi connectivity index (χ2n) is 5.94. The van der Waals surface area contributed by atoms with Crippen LogP contribution in [0.3, 0.4) is 0 Å². The van der Waals surface area contributed by atoms with E-state index in [1.807, 2.05) is 0 Å². The molecule has 3 heterocycles. The van der Waals surface area contributed by atoms with E-state index in [4.69, 9.17) is 5.14 Å². The van der Waals surface area contributed by atoms with Crippen LogP contribution in [0.4, 0.5) is 5.13 Å². The summed E-state index contributed by atoms with van der Waals surface area (Å²) in [5.41, 5.74) is 0.511. The summed E-state index contributed by atoms with van der Waals surface area (Å²) in [4.78, 5) is 6.59. The van der Waals surface area contributed by atoms with Crippen molar-refractivity contribution in [3.05, 3.63) is 5.69 Å². The molecule has 6 nitrogen and oxygen atoms in total. The molecule has 0 radical (unpaired) electrons. The van der Waals surface area contributed by atoms with Crippen molar-refractivity contribution < 1.29 is 8.42 Å². The maximum Gasteiger partial charge on any atom is 0.249 e. The number of nitrogens with one attached hydrogen (secondary N) is 1. The number of primary sulfonamides is 1. The minimum atomic E-state index is -3.66. The highest BCUT2D eigenvalue weighted by atomic mass is 32.2. The van der Waals surface area contributed by atoms with Gasteiger partial charge >= 0.3 is 0 Å². The topological polar surface area (TPSA) is 88.3 Å². The highest BCUT2D eigenvalue weighted by Crippen LogP contribution is 2.33. The number of aryl methyl sites for hydroxylation is 1. The van der Waals surface area contributed by atoms with E-state index in [9.17, 15) is 8.42 Å². The summed E-state index contributed by atoms with van der Waals surface area (Å²) < 4.78 is 23.2. The number of piperidine rings is 1. The van der Waals surface area contributed by atoms with E-state index in [1.165, 1.54) is 24.2 Å². The largest absolute Gasteiger partial charge is 0.348 e. The first-order valence-electron chi connectivity index (χ1n) is 7.43. The van der Waals surface area contributed by atoms with Gasteiger partial charge < -0.3 is 10.2 Å². The normalized spacial score (nSPS) is 24.7.